The van der Waals surface area contributed by atoms with E-state index < -0.39 is 0 Å². The van der Waals surface area contributed by atoms with Crippen molar-refractivity contribution in [3.05, 3.63) is 5.82 Å². The molecule has 1 atom stereocenters. The van der Waals surface area contributed by atoms with Crippen LogP contribution in [-0.2, 0) is 0 Å². The highest BCUT2D eigenvalue weighted by molar-refractivity contribution is 7.09. The van der Waals surface area contributed by atoms with Gasteiger partial charge in [0.15, 0.2) is 0 Å². The molecule has 2 rings (SSSR count). The molecule has 1 unspecified atom stereocenters. The van der Waals surface area contributed by atoms with Crippen LogP contribution in [0.15, 0.2) is 0 Å². The minimum atomic E-state index is 0.160. The molecule has 1 fully saturated rings. The molecule has 0 aliphatic heterocycles. The molecule has 1 aliphatic rings. The lowest BCUT2D eigenvalue weighted by molar-refractivity contribution is 0.778. The number of nitrogens with two attached hydrogens (primary N) is 1. The van der Waals surface area contributed by atoms with Gasteiger partial charge in [0.1, 0.15) is 5.82 Å². The minimum Gasteiger partial charge on any atom is -0.359 e. The second-order valence-electron chi connectivity index (χ2n) is 3.59. The van der Waals surface area contributed by atoms with Crippen molar-refractivity contribution in [1.29, 1.82) is 0 Å². The molecule has 3 N–H and O–H groups in total. The van der Waals surface area contributed by atoms with Crippen LogP contribution in [0.25, 0.3) is 0 Å². The first kappa shape index (κ1) is 8.90. The van der Waals surface area contributed by atoms with E-state index >= 15 is 0 Å². The number of nitrogens with one attached hydrogen (secondary N) is 1. The van der Waals surface area contributed by atoms with Gasteiger partial charge in [-0.25, -0.2) is 4.98 Å². The third-order valence-corrected chi connectivity index (χ3v) is 2.65. The Hall–Kier alpha value is -0.680. The van der Waals surface area contributed by atoms with E-state index in [2.05, 4.69) is 14.7 Å². The van der Waals surface area contributed by atoms with Crippen molar-refractivity contribution < 1.29 is 0 Å². The average molecular weight is 198 g/mol. The second-order valence-corrected chi connectivity index (χ2v) is 4.34. The first-order valence-electron chi connectivity index (χ1n) is 4.59. The molecule has 1 aromatic rings. The smallest absolute Gasteiger partial charge is 0.202 e. The summed E-state index contributed by atoms with van der Waals surface area (Å²) in [7, 11) is 0. The molecule has 1 aromatic heterocycles. The Bertz CT molecular complexity index is 279. The van der Waals surface area contributed by atoms with Crippen LogP contribution in [0.3, 0.4) is 0 Å². The molecule has 0 aromatic carbocycles. The number of aromatic nitrogens is 2. The Kier molecular flexibility index (Phi) is 2.46. The van der Waals surface area contributed by atoms with Crippen LogP contribution in [-0.4, -0.2) is 21.9 Å². The zero-order valence-corrected chi connectivity index (χ0v) is 8.47. The Morgan fingerprint density at radius 2 is 2.46 bits per heavy atom. The van der Waals surface area contributed by atoms with E-state index in [1.165, 1.54) is 24.4 Å². The fourth-order valence-electron chi connectivity index (χ4n) is 1.06. The highest BCUT2D eigenvalue weighted by Crippen LogP contribution is 2.39. The van der Waals surface area contributed by atoms with Crippen molar-refractivity contribution in [1.82, 2.24) is 9.36 Å². The Balaban J connectivity index is 1.89. The molecular weight excluding hydrogens is 184 g/mol. The molecule has 0 radical (unpaired) electrons. The molecule has 4 nitrogen and oxygen atoms in total. The topological polar surface area (TPSA) is 63.8 Å². The Morgan fingerprint density at radius 1 is 1.69 bits per heavy atom. The van der Waals surface area contributed by atoms with Crippen LogP contribution >= 0.6 is 11.5 Å². The van der Waals surface area contributed by atoms with E-state index in [9.17, 15) is 0 Å². The summed E-state index contributed by atoms with van der Waals surface area (Å²) >= 11 is 1.43. The molecule has 13 heavy (non-hydrogen) atoms. The van der Waals surface area contributed by atoms with Gasteiger partial charge in [0, 0.05) is 30.0 Å². The number of hydrogen-bond acceptors (Lipinski definition) is 5. The van der Waals surface area contributed by atoms with Crippen LogP contribution in [0.5, 0.6) is 0 Å². The van der Waals surface area contributed by atoms with Crippen LogP contribution in [0.2, 0.25) is 0 Å². The zero-order chi connectivity index (χ0) is 9.26. The summed E-state index contributed by atoms with van der Waals surface area (Å²) in [4.78, 5) is 4.38. The maximum Gasteiger partial charge on any atom is 0.202 e. The molecule has 72 valence electrons. The quantitative estimate of drug-likeness (QED) is 0.762. The summed E-state index contributed by atoms with van der Waals surface area (Å²) in [6.07, 6.45) is 2.51. The molecule has 1 aliphatic carbocycles. The van der Waals surface area contributed by atoms with Crippen molar-refractivity contribution in [2.24, 2.45) is 5.73 Å². The summed E-state index contributed by atoms with van der Waals surface area (Å²) in [6, 6.07) is 0.160. The fraction of sp³-hybridized carbons (Fsp3) is 0.750. The third kappa shape index (κ3) is 2.38. The van der Waals surface area contributed by atoms with Gasteiger partial charge in [0.2, 0.25) is 5.13 Å². The number of nitrogens with zero attached hydrogens (tertiary/aromatic N) is 2. The number of hydrogen-bond donors (Lipinski definition) is 2. The van der Waals surface area contributed by atoms with Gasteiger partial charge < -0.3 is 11.1 Å². The summed E-state index contributed by atoms with van der Waals surface area (Å²) in [5.74, 6) is 1.65. The normalized spacial score (nSPS) is 18.6. The maximum atomic E-state index is 5.61. The molecule has 1 saturated carbocycles. The van der Waals surface area contributed by atoms with Gasteiger partial charge in [-0.3, -0.25) is 0 Å². The van der Waals surface area contributed by atoms with Crippen LogP contribution < -0.4 is 11.1 Å². The van der Waals surface area contributed by atoms with Crippen molar-refractivity contribution in [3.63, 3.8) is 0 Å². The summed E-state index contributed by atoms with van der Waals surface area (Å²) in [5, 5.41) is 4.07. The van der Waals surface area contributed by atoms with E-state index in [0.717, 1.165) is 17.5 Å². The van der Waals surface area contributed by atoms with Gasteiger partial charge in [-0.1, -0.05) is 0 Å². The van der Waals surface area contributed by atoms with Crippen LogP contribution in [0.1, 0.15) is 31.5 Å². The Labute approximate surface area is 81.7 Å². The molecular formula is C8H14N4S. The molecule has 0 bridgehead atoms. The lowest BCUT2D eigenvalue weighted by Gasteiger charge is -2.03. The fourth-order valence-corrected chi connectivity index (χ4v) is 1.71. The summed E-state index contributed by atoms with van der Waals surface area (Å²) in [6.45, 7) is 2.73. The van der Waals surface area contributed by atoms with Crippen molar-refractivity contribution in [2.75, 3.05) is 11.9 Å². The van der Waals surface area contributed by atoms with E-state index in [1.807, 2.05) is 6.92 Å². The third-order valence-electron chi connectivity index (χ3n) is 1.96. The highest BCUT2D eigenvalue weighted by Gasteiger charge is 2.27. The van der Waals surface area contributed by atoms with Crippen molar-refractivity contribution in [3.8, 4) is 0 Å². The molecule has 0 saturated heterocycles. The van der Waals surface area contributed by atoms with Gasteiger partial charge in [-0.05, 0) is 19.8 Å². The van der Waals surface area contributed by atoms with Crippen molar-refractivity contribution in [2.45, 2.75) is 31.7 Å². The Morgan fingerprint density at radius 3 is 3.08 bits per heavy atom. The predicted octanol–water partition coefficient (Wildman–Crippen LogP) is 1.17. The van der Waals surface area contributed by atoms with Crippen molar-refractivity contribution >= 4 is 16.7 Å². The lowest BCUT2D eigenvalue weighted by Crippen LogP contribution is -2.25. The summed E-state index contributed by atoms with van der Waals surface area (Å²) < 4.78 is 4.28. The SMILES string of the molecule is CC(N)CNc1nc(C2CC2)ns1. The summed E-state index contributed by atoms with van der Waals surface area (Å²) in [5.41, 5.74) is 5.61. The monoisotopic (exact) mass is 198 g/mol. The van der Waals surface area contributed by atoms with E-state index in [1.54, 1.807) is 0 Å². The van der Waals surface area contributed by atoms with Gasteiger partial charge in [0.25, 0.3) is 0 Å². The van der Waals surface area contributed by atoms with E-state index in [4.69, 9.17) is 5.73 Å². The molecule has 0 spiro atoms. The number of anilines is 1. The van der Waals surface area contributed by atoms with Gasteiger partial charge >= 0.3 is 0 Å². The first-order valence-corrected chi connectivity index (χ1v) is 5.36. The van der Waals surface area contributed by atoms with Gasteiger partial charge in [-0.15, -0.1) is 0 Å². The maximum absolute atomic E-state index is 5.61. The van der Waals surface area contributed by atoms with Gasteiger partial charge in [-0.2, -0.15) is 4.37 Å². The molecule has 1 heterocycles. The van der Waals surface area contributed by atoms with E-state index in [-0.39, 0.29) is 6.04 Å². The zero-order valence-electron chi connectivity index (χ0n) is 7.66. The lowest BCUT2D eigenvalue weighted by atomic mass is 10.4. The minimum absolute atomic E-state index is 0.160. The number of rotatable bonds is 4. The second kappa shape index (κ2) is 3.59. The van der Waals surface area contributed by atoms with E-state index in [0.29, 0.717) is 5.92 Å². The first-order chi connectivity index (χ1) is 6.25. The van der Waals surface area contributed by atoms with Crippen LogP contribution in [0.4, 0.5) is 5.13 Å². The highest BCUT2D eigenvalue weighted by atomic mass is 32.1. The molecule has 0 amide bonds. The average Bonchev–Trinajstić information content (AvgIpc) is 2.83. The largest absolute Gasteiger partial charge is 0.359 e. The predicted molar refractivity (Wildman–Crippen MR) is 54.0 cm³/mol. The molecule has 5 heteroatoms. The standard InChI is InChI=1S/C8H14N4S/c1-5(9)4-10-8-11-7(12-13-8)6-2-3-6/h5-6H,2-4,9H2,1H3,(H,10,11,12). The van der Waals surface area contributed by atoms with Gasteiger partial charge in [0.05, 0.1) is 0 Å². The van der Waals surface area contributed by atoms with Crippen LogP contribution in [0, 0.1) is 0 Å².